The zero-order chi connectivity index (χ0) is 17.6. The Balaban J connectivity index is 1.86. The van der Waals surface area contributed by atoms with E-state index in [9.17, 15) is 0 Å². The smallest absolute Gasteiger partial charge is 0.174 e. The number of aromatic nitrogens is 4. The fraction of sp³-hybridized carbons (Fsp3) is 0.353. The van der Waals surface area contributed by atoms with Crippen LogP contribution in [-0.2, 0) is 9.47 Å². The molecule has 2 aromatic heterocycles. The fourth-order valence-corrected chi connectivity index (χ4v) is 2.68. The van der Waals surface area contributed by atoms with Gasteiger partial charge in [-0.1, -0.05) is 17.7 Å². The molecule has 0 atom stereocenters. The Hall–Kier alpha value is -2.22. The molecule has 2 heterocycles. The maximum atomic E-state index is 6.07. The van der Waals surface area contributed by atoms with Crippen LogP contribution in [0.5, 0.6) is 0 Å². The second-order valence-corrected chi connectivity index (χ2v) is 5.65. The van der Waals surface area contributed by atoms with E-state index in [-0.39, 0.29) is 6.29 Å². The number of hydrogen-bond donors (Lipinski definition) is 1. The standard InChI is InChI=1S/C17H20ClN5O2/c1-3-24-15(25-4-2)10-19-16-14-9-22-23(17(14)21-11-20-16)13-7-5-6-12(18)8-13/h5-9,11,15H,3-4,10H2,1-2H3,(H,19,20,21). The first-order chi connectivity index (χ1) is 12.2. The molecule has 0 aliphatic carbocycles. The number of ether oxygens (including phenoxy) is 2. The van der Waals surface area contributed by atoms with Gasteiger partial charge in [-0.05, 0) is 32.0 Å². The number of nitrogens with zero attached hydrogens (tertiary/aromatic N) is 4. The van der Waals surface area contributed by atoms with Gasteiger partial charge in [0.15, 0.2) is 11.9 Å². The van der Waals surface area contributed by atoms with Gasteiger partial charge in [0.1, 0.15) is 12.1 Å². The lowest BCUT2D eigenvalue weighted by Crippen LogP contribution is -2.26. The molecule has 25 heavy (non-hydrogen) atoms. The largest absolute Gasteiger partial charge is 0.364 e. The maximum absolute atomic E-state index is 6.07. The van der Waals surface area contributed by atoms with E-state index in [1.54, 1.807) is 10.9 Å². The molecule has 0 saturated heterocycles. The van der Waals surface area contributed by atoms with Gasteiger partial charge in [-0.3, -0.25) is 0 Å². The van der Waals surface area contributed by atoms with Gasteiger partial charge in [0, 0.05) is 18.2 Å². The van der Waals surface area contributed by atoms with Crippen LogP contribution in [0, 0.1) is 0 Å². The van der Waals surface area contributed by atoms with Gasteiger partial charge in [-0.25, -0.2) is 14.6 Å². The van der Waals surface area contributed by atoms with Crippen molar-refractivity contribution in [2.75, 3.05) is 25.1 Å². The quantitative estimate of drug-likeness (QED) is 0.621. The number of anilines is 1. The van der Waals surface area contributed by atoms with Gasteiger partial charge in [-0.15, -0.1) is 0 Å². The molecule has 0 aliphatic heterocycles. The Morgan fingerprint density at radius 2 is 2.00 bits per heavy atom. The second-order valence-electron chi connectivity index (χ2n) is 5.22. The molecule has 0 unspecified atom stereocenters. The highest BCUT2D eigenvalue weighted by Gasteiger charge is 2.13. The van der Waals surface area contributed by atoms with Crippen LogP contribution in [0.15, 0.2) is 36.8 Å². The predicted octanol–water partition coefficient (Wildman–Crippen LogP) is 3.28. The normalized spacial score (nSPS) is 11.4. The SMILES string of the molecule is CCOC(CNc1ncnc2c1cnn2-c1cccc(Cl)c1)OCC. The summed E-state index contributed by atoms with van der Waals surface area (Å²) in [5.41, 5.74) is 1.54. The molecule has 0 amide bonds. The summed E-state index contributed by atoms with van der Waals surface area (Å²) in [5, 5.41) is 9.13. The zero-order valence-corrected chi connectivity index (χ0v) is 14.9. The van der Waals surface area contributed by atoms with E-state index in [4.69, 9.17) is 21.1 Å². The third-order valence-electron chi connectivity index (χ3n) is 3.56. The van der Waals surface area contributed by atoms with E-state index >= 15 is 0 Å². The third kappa shape index (κ3) is 4.07. The summed E-state index contributed by atoms with van der Waals surface area (Å²) < 4.78 is 12.8. The van der Waals surface area contributed by atoms with E-state index in [1.165, 1.54) is 6.33 Å². The van der Waals surface area contributed by atoms with Crippen LogP contribution in [0.3, 0.4) is 0 Å². The highest BCUT2D eigenvalue weighted by molar-refractivity contribution is 6.30. The van der Waals surface area contributed by atoms with Crippen molar-refractivity contribution in [2.24, 2.45) is 0 Å². The summed E-state index contributed by atoms with van der Waals surface area (Å²) >= 11 is 6.07. The van der Waals surface area contributed by atoms with Crippen molar-refractivity contribution < 1.29 is 9.47 Å². The van der Waals surface area contributed by atoms with Crippen molar-refractivity contribution in [2.45, 2.75) is 20.1 Å². The number of halogens is 1. The molecule has 0 saturated carbocycles. The highest BCUT2D eigenvalue weighted by atomic mass is 35.5. The van der Waals surface area contributed by atoms with E-state index in [0.717, 1.165) is 11.1 Å². The summed E-state index contributed by atoms with van der Waals surface area (Å²) in [5.74, 6) is 0.683. The number of nitrogens with one attached hydrogen (secondary N) is 1. The average Bonchev–Trinajstić information content (AvgIpc) is 3.05. The van der Waals surface area contributed by atoms with Crippen LogP contribution in [-0.4, -0.2) is 45.8 Å². The summed E-state index contributed by atoms with van der Waals surface area (Å²) in [7, 11) is 0. The first-order valence-electron chi connectivity index (χ1n) is 8.14. The molecule has 8 heteroatoms. The minimum Gasteiger partial charge on any atom is -0.364 e. The molecular formula is C17H20ClN5O2. The average molecular weight is 362 g/mol. The highest BCUT2D eigenvalue weighted by Crippen LogP contribution is 2.23. The van der Waals surface area contributed by atoms with Crippen LogP contribution in [0.1, 0.15) is 13.8 Å². The maximum Gasteiger partial charge on any atom is 0.174 e. The monoisotopic (exact) mass is 361 g/mol. The summed E-state index contributed by atoms with van der Waals surface area (Å²) in [4.78, 5) is 8.66. The molecule has 1 N–H and O–H groups in total. The first kappa shape index (κ1) is 17.6. The minimum absolute atomic E-state index is 0.331. The van der Waals surface area contributed by atoms with Crippen LogP contribution in [0.4, 0.5) is 5.82 Å². The van der Waals surface area contributed by atoms with Gasteiger partial charge in [0.2, 0.25) is 0 Å². The Morgan fingerprint density at radius 3 is 2.72 bits per heavy atom. The van der Waals surface area contributed by atoms with E-state index in [0.29, 0.717) is 36.2 Å². The van der Waals surface area contributed by atoms with Crippen LogP contribution >= 0.6 is 11.6 Å². The molecule has 0 radical (unpaired) electrons. The molecule has 1 aromatic carbocycles. The zero-order valence-electron chi connectivity index (χ0n) is 14.1. The van der Waals surface area contributed by atoms with E-state index in [1.807, 2.05) is 38.1 Å². The summed E-state index contributed by atoms with van der Waals surface area (Å²) in [6.07, 6.45) is 2.90. The number of hydrogen-bond acceptors (Lipinski definition) is 6. The van der Waals surface area contributed by atoms with Gasteiger partial charge < -0.3 is 14.8 Å². The number of fused-ring (bicyclic) bond motifs is 1. The van der Waals surface area contributed by atoms with Gasteiger partial charge in [0.05, 0.1) is 23.8 Å². The van der Waals surface area contributed by atoms with Crippen LogP contribution < -0.4 is 5.32 Å². The number of benzene rings is 1. The van der Waals surface area contributed by atoms with Crippen molar-refractivity contribution in [1.29, 1.82) is 0 Å². The van der Waals surface area contributed by atoms with Gasteiger partial charge in [-0.2, -0.15) is 5.10 Å². The Morgan fingerprint density at radius 1 is 1.20 bits per heavy atom. The van der Waals surface area contributed by atoms with Crippen LogP contribution in [0.2, 0.25) is 5.02 Å². The molecule has 0 fully saturated rings. The molecule has 0 bridgehead atoms. The Kier molecular flexibility index (Phi) is 5.80. The number of rotatable bonds is 8. The van der Waals surface area contributed by atoms with Crippen molar-refractivity contribution >= 4 is 28.5 Å². The van der Waals surface area contributed by atoms with Gasteiger partial charge in [0.25, 0.3) is 0 Å². The molecule has 0 spiro atoms. The minimum atomic E-state index is -0.331. The summed E-state index contributed by atoms with van der Waals surface area (Å²) in [6.45, 7) is 5.51. The lowest BCUT2D eigenvalue weighted by Gasteiger charge is -2.17. The second kappa shape index (κ2) is 8.24. The van der Waals surface area contributed by atoms with Gasteiger partial charge >= 0.3 is 0 Å². The third-order valence-corrected chi connectivity index (χ3v) is 3.79. The molecule has 7 nitrogen and oxygen atoms in total. The lowest BCUT2D eigenvalue weighted by molar-refractivity contribution is -0.126. The topological polar surface area (TPSA) is 74.1 Å². The van der Waals surface area contributed by atoms with Crippen molar-refractivity contribution in [3.63, 3.8) is 0 Å². The fourth-order valence-electron chi connectivity index (χ4n) is 2.50. The first-order valence-corrected chi connectivity index (χ1v) is 8.52. The van der Waals surface area contributed by atoms with Crippen LogP contribution in [0.25, 0.3) is 16.7 Å². The lowest BCUT2D eigenvalue weighted by atomic mass is 10.3. The van der Waals surface area contributed by atoms with E-state index < -0.39 is 0 Å². The van der Waals surface area contributed by atoms with Crippen molar-refractivity contribution in [1.82, 2.24) is 19.7 Å². The molecule has 3 aromatic rings. The van der Waals surface area contributed by atoms with E-state index in [2.05, 4.69) is 20.4 Å². The molecule has 3 rings (SSSR count). The molecule has 0 aliphatic rings. The summed E-state index contributed by atoms with van der Waals surface area (Å²) in [6, 6.07) is 7.46. The Labute approximate surface area is 150 Å². The van der Waals surface area contributed by atoms with Crippen molar-refractivity contribution in [3.8, 4) is 5.69 Å². The molecular weight excluding hydrogens is 342 g/mol. The van der Waals surface area contributed by atoms with Crippen molar-refractivity contribution in [3.05, 3.63) is 41.8 Å². The predicted molar refractivity (Wildman–Crippen MR) is 97.2 cm³/mol. The molecule has 132 valence electrons. The Bertz CT molecular complexity index is 833.